The van der Waals surface area contributed by atoms with E-state index in [9.17, 15) is 13.2 Å². The second kappa shape index (κ2) is 3.83. The smallest absolute Gasteiger partial charge is 0.392 e. The first-order chi connectivity index (χ1) is 5.95. The molecule has 0 aromatic heterocycles. The van der Waals surface area contributed by atoms with Crippen LogP contribution < -0.4 is 0 Å². The van der Waals surface area contributed by atoms with Crippen LogP contribution in [0.4, 0.5) is 13.2 Å². The van der Waals surface area contributed by atoms with Gasteiger partial charge in [0, 0.05) is 3.57 Å². The maximum absolute atomic E-state index is 12.3. The molecule has 5 heteroatoms. The molecule has 1 aromatic carbocycles. The lowest BCUT2D eigenvalue weighted by Crippen LogP contribution is -2.09. The molecule has 0 spiro atoms. The Labute approximate surface area is 86.7 Å². The summed E-state index contributed by atoms with van der Waals surface area (Å²) in [6, 6.07) is 3.67. The Kier molecular flexibility index (Phi) is 3.18. The van der Waals surface area contributed by atoms with Crippen molar-refractivity contribution in [2.75, 3.05) is 0 Å². The zero-order valence-electron chi connectivity index (χ0n) is 6.40. The van der Waals surface area contributed by atoms with Crippen molar-refractivity contribution in [3.05, 3.63) is 32.9 Å². The molecule has 0 heterocycles. The van der Waals surface area contributed by atoms with Gasteiger partial charge in [-0.05, 0) is 46.4 Å². The fourth-order valence-corrected chi connectivity index (χ4v) is 1.53. The van der Waals surface area contributed by atoms with Crippen LogP contribution in [0, 0.1) is 3.57 Å². The van der Waals surface area contributed by atoms with E-state index in [2.05, 4.69) is 0 Å². The first-order valence-electron chi connectivity index (χ1n) is 3.41. The first kappa shape index (κ1) is 10.8. The zero-order chi connectivity index (χ0) is 10.1. The summed E-state index contributed by atoms with van der Waals surface area (Å²) in [5.74, 6) is 0. The van der Waals surface area contributed by atoms with E-state index in [4.69, 9.17) is 5.11 Å². The van der Waals surface area contributed by atoms with Crippen molar-refractivity contribution >= 4 is 22.6 Å². The molecule has 0 unspecified atom stereocenters. The third-order valence-corrected chi connectivity index (χ3v) is 2.21. The predicted molar refractivity (Wildman–Crippen MR) is 50.1 cm³/mol. The number of benzene rings is 1. The average molecular weight is 302 g/mol. The van der Waals surface area contributed by atoms with Crippen molar-refractivity contribution in [3.8, 4) is 0 Å². The third kappa shape index (κ3) is 2.57. The van der Waals surface area contributed by atoms with Crippen LogP contribution in [0.1, 0.15) is 11.1 Å². The number of alkyl halides is 3. The number of aliphatic hydroxyl groups is 1. The van der Waals surface area contributed by atoms with Crippen LogP contribution in [0.2, 0.25) is 0 Å². The largest absolute Gasteiger partial charge is 0.416 e. The summed E-state index contributed by atoms with van der Waals surface area (Å²) in [5.41, 5.74) is -0.852. The van der Waals surface area contributed by atoms with Gasteiger partial charge < -0.3 is 5.11 Å². The molecule has 13 heavy (non-hydrogen) atoms. The molecule has 1 N–H and O–H groups in total. The Morgan fingerprint density at radius 2 is 1.92 bits per heavy atom. The highest BCUT2D eigenvalue weighted by Crippen LogP contribution is 2.32. The minimum atomic E-state index is -4.39. The molecule has 0 saturated carbocycles. The molecule has 1 nitrogen and oxygen atoms in total. The van der Waals surface area contributed by atoms with Gasteiger partial charge in [-0.3, -0.25) is 0 Å². The van der Waals surface area contributed by atoms with Crippen molar-refractivity contribution in [1.29, 1.82) is 0 Å². The van der Waals surface area contributed by atoms with Gasteiger partial charge in [0.25, 0.3) is 0 Å². The van der Waals surface area contributed by atoms with Gasteiger partial charge in [-0.15, -0.1) is 0 Å². The minimum absolute atomic E-state index is 0.0839. The normalized spacial score (nSPS) is 11.8. The molecule has 1 aromatic rings. The maximum Gasteiger partial charge on any atom is 0.416 e. The van der Waals surface area contributed by atoms with E-state index >= 15 is 0 Å². The minimum Gasteiger partial charge on any atom is -0.392 e. The highest BCUT2D eigenvalue weighted by Gasteiger charge is 2.32. The number of hydrogen-bond acceptors (Lipinski definition) is 1. The van der Waals surface area contributed by atoms with Crippen LogP contribution in [0.3, 0.4) is 0 Å². The van der Waals surface area contributed by atoms with Gasteiger partial charge in [-0.25, -0.2) is 0 Å². The Bertz CT molecular complexity index is 309. The van der Waals surface area contributed by atoms with Crippen LogP contribution in [-0.4, -0.2) is 5.11 Å². The quantitative estimate of drug-likeness (QED) is 0.791. The van der Waals surface area contributed by atoms with Crippen molar-refractivity contribution < 1.29 is 18.3 Å². The van der Waals surface area contributed by atoms with Gasteiger partial charge in [0.2, 0.25) is 0 Å². The van der Waals surface area contributed by atoms with Crippen LogP contribution in [-0.2, 0) is 12.8 Å². The molecule has 0 aliphatic rings. The summed E-state index contributed by atoms with van der Waals surface area (Å²) in [6.45, 7) is -0.592. The molecule has 0 atom stereocenters. The summed E-state index contributed by atoms with van der Waals surface area (Å²) in [5, 5.41) is 8.70. The zero-order valence-corrected chi connectivity index (χ0v) is 8.56. The Balaban J connectivity index is 3.22. The van der Waals surface area contributed by atoms with Crippen molar-refractivity contribution in [1.82, 2.24) is 0 Å². The van der Waals surface area contributed by atoms with E-state index in [0.717, 1.165) is 6.07 Å². The second-order valence-corrected chi connectivity index (χ2v) is 3.70. The second-order valence-electron chi connectivity index (χ2n) is 2.46. The van der Waals surface area contributed by atoms with E-state index < -0.39 is 18.3 Å². The Morgan fingerprint density at radius 1 is 1.31 bits per heavy atom. The Hall–Kier alpha value is -0.300. The van der Waals surface area contributed by atoms with Crippen LogP contribution in [0.5, 0.6) is 0 Å². The van der Waals surface area contributed by atoms with E-state index in [1.165, 1.54) is 12.1 Å². The monoisotopic (exact) mass is 302 g/mol. The molecule has 0 bridgehead atoms. The van der Waals surface area contributed by atoms with Gasteiger partial charge >= 0.3 is 6.18 Å². The number of halogens is 4. The summed E-state index contributed by atoms with van der Waals surface area (Å²) >= 11 is 1.90. The summed E-state index contributed by atoms with van der Waals surface area (Å²) in [4.78, 5) is 0. The number of rotatable bonds is 1. The molecular formula is C8H6F3IO. The fraction of sp³-hybridized carbons (Fsp3) is 0.250. The number of hydrogen-bond donors (Lipinski definition) is 1. The third-order valence-electron chi connectivity index (χ3n) is 1.54. The molecular weight excluding hydrogens is 296 g/mol. The molecule has 0 fully saturated rings. The average Bonchev–Trinajstić information content (AvgIpc) is 2.01. The summed E-state index contributed by atoms with van der Waals surface area (Å²) in [6.07, 6.45) is -4.39. The molecule has 1 rings (SSSR count). The van der Waals surface area contributed by atoms with Crippen LogP contribution in [0.25, 0.3) is 0 Å². The highest BCUT2D eigenvalue weighted by atomic mass is 127. The van der Waals surface area contributed by atoms with E-state index in [0.29, 0.717) is 3.57 Å². The van der Waals surface area contributed by atoms with Gasteiger partial charge in [0.1, 0.15) is 0 Å². The predicted octanol–water partition coefficient (Wildman–Crippen LogP) is 2.80. The fourth-order valence-electron chi connectivity index (χ4n) is 0.970. The standard InChI is InChI=1S/C8H6F3IO/c9-8(10,11)7-2-1-6(12)3-5(7)4-13/h1-3,13H,4H2. The lowest BCUT2D eigenvalue weighted by molar-refractivity contribution is -0.138. The molecule has 72 valence electrons. The van der Waals surface area contributed by atoms with Gasteiger partial charge in [-0.2, -0.15) is 13.2 Å². The topological polar surface area (TPSA) is 20.2 Å². The molecule has 0 saturated heterocycles. The van der Waals surface area contributed by atoms with Crippen molar-refractivity contribution in [2.45, 2.75) is 12.8 Å². The molecule has 0 aliphatic heterocycles. The molecule has 0 radical (unpaired) electrons. The van der Waals surface area contributed by atoms with Crippen LogP contribution >= 0.6 is 22.6 Å². The van der Waals surface area contributed by atoms with E-state index in [1.54, 1.807) is 0 Å². The van der Waals surface area contributed by atoms with E-state index in [1.807, 2.05) is 22.6 Å². The van der Waals surface area contributed by atoms with Crippen molar-refractivity contribution in [3.63, 3.8) is 0 Å². The molecule has 0 amide bonds. The highest BCUT2D eigenvalue weighted by molar-refractivity contribution is 14.1. The number of aliphatic hydroxyl groups excluding tert-OH is 1. The van der Waals surface area contributed by atoms with Gasteiger partial charge in [-0.1, -0.05) is 0 Å². The lowest BCUT2D eigenvalue weighted by atomic mass is 10.1. The Morgan fingerprint density at radius 3 is 2.38 bits per heavy atom. The summed E-state index contributed by atoms with van der Waals surface area (Å²) in [7, 11) is 0. The van der Waals surface area contributed by atoms with E-state index in [-0.39, 0.29) is 5.56 Å². The summed E-state index contributed by atoms with van der Waals surface area (Å²) < 4.78 is 37.4. The lowest BCUT2D eigenvalue weighted by Gasteiger charge is -2.10. The maximum atomic E-state index is 12.3. The van der Waals surface area contributed by atoms with Crippen molar-refractivity contribution in [2.24, 2.45) is 0 Å². The van der Waals surface area contributed by atoms with Crippen LogP contribution in [0.15, 0.2) is 18.2 Å². The van der Waals surface area contributed by atoms with Gasteiger partial charge in [0.15, 0.2) is 0 Å². The SMILES string of the molecule is OCc1cc(I)ccc1C(F)(F)F. The van der Waals surface area contributed by atoms with Gasteiger partial charge in [0.05, 0.1) is 12.2 Å². The first-order valence-corrected chi connectivity index (χ1v) is 4.49. The molecule has 0 aliphatic carbocycles.